The summed E-state index contributed by atoms with van der Waals surface area (Å²) in [5.74, 6) is -4.98. The van der Waals surface area contributed by atoms with Crippen LogP contribution in [0.4, 0.5) is 4.39 Å². The molecule has 2 heterocycles. The van der Waals surface area contributed by atoms with Gasteiger partial charge in [-0.2, -0.15) is 4.39 Å². The predicted octanol–water partition coefficient (Wildman–Crippen LogP) is 2.81. The molecule has 1 aromatic heterocycles. The number of halogens is 1. The second-order valence-corrected chi connectivity index (χ2v) is 10.4. The molecule has 0 radical (unpaired) electrons. The van der Waals surface area contributed by atoms with Gasteiger partial charge in [-0.1, -0.05) is 54.6 Å². The van der Waals surface area contributed by atoms with Crippen molar-refractivity contribution < 1.29 is 47.3 Å². The van der Waals surface area contributed by atoms with Gasteiger partial charge < -0.3 is 23.7 Å². The molecule has 0 unspecified atom stereocenters. The zero-order valence-corrected chi connectivity index (χ0v) is 24.7. The molecule has 4 aromatic rings. The molecule has 0 amide bonds. The molecule has 1 saturated heterocycles. The average Bonchev–Trinajstić information content (AvgIpc) is 3.36. The second-order valence-electron chi connectivity index (χ2n) is 10.4. The molecular formula is C33H27FN2O11. The molecule has 242 valence electrons. The van der Waals surface area contributed by atoms with Crippen LogP contribution in [0.1, 0.15) is 44.2 Å². The first-order chi connectivity index (χ1) is 22.6. The third-order valence-electron chi connectivity index (χ3n) is 7.11. The summed E-state index contributed by atoms with van der Waals surface area (Å²) in [6.45, 7) is -0.553. The summed E-state index contributed by atoms with van der Waals surface area (Å²) in [6.07, 6.45) is -4.76. The van der Waals surface area contributed by atoms with Gasteiger partial charge in [-0.15, -0.1) is 0 Å². The quantitative estimate of drug-likeness (QED) is 0.199. The lowest BCUT2D eigenvalue weighted by atomic mass is 9.96. The smallest absolute Gasteiger partial charge is 0.338 e. The van der Waals surface area contributed by atoms with Crippen LogP contribution in [-0.4, -0.2) is 64.5 Å². The molecule has 47 heavy (non-hydrogen) atoms. The number of hydrogen-bond acceptors (Lipinski definition) is 11. The Morgan fingerprint density at radius 1 is 0.766 bits per heavy atom. The van der Waals surface area contributed by atoms with Crippen LogP contribution in [0.25, 0.3) is 0 Å². The molecular weight excluding hydrogens is 619 g/mol. The van der Waals surface area contributed by atoms with Crippen molar-refractivity contribution in [3.63, 3.8) is 0 Å². The number of benzene rings is 3. The van der Waals surface area contributed by atoms with E-state index in [0.29, 0.717) is 10.8 Å². The standard InChI is InChI=1S/C33H27FN2O11/c1-20(37)45-25-26(46-31(41)23-15-9-4-10-16-23)33(18-43-29(39)21-11-5-2-6-12-21,19-44-30(40)22-13-7-3-8-14-22)47-28(25)36-17-24(34)27(38)35-32(36)42/h2-17,25-26,28H,18-19H2,1H3,(H,35,38,42)/t25-,26+,28+/m0/s1. The molecule has 0 bridgehead atoms. The van der Waals surface area contributed by atoms with Gasteiger partial charge in [-0.3, -0.25) is 19.1 Å². The lowest BCUT2D eigenvalue weighted by molar-refractivity contribution is -0.157. The Kier molecular flexibility index (Phi) is 9.71. The van der Waals surface area contributed by atoms with Crippen molar-refractivity contribution in [2.45, 2.75) is 31.0 Å². The third kappa shape index (κ3) is 7.34. The normalized spacial score (nSPS) is 18.1. The first-order valence-corrected chi connectivity index (χ1v) is 14.1. The monoisotopic (exact) mass is 646 g/mol. The van der Waals surface area contributed by atoms with Crippen molar-refractivity contribution in [2.75, 3.05) is 13.2 Å². The molecule has 1 aliphatic rings. The average molecular weight is 647 g/mol. The number of H-pyrrole nitrogens is 1. The number of nitrogens with one attached hydrogen (secondary N) is 1. The zero-order chi connectivity index (χ0) is 33.6. The summed E-state index contributed by atoms with van der Waals surface area (Å²) in [5, 5.41) is 0. The minimum Gasteiger partial charge on any atom is -0.459 e. The Labute approximate surface area is 265 Å². The number of ether oxygens (including phenoxy) is 5. The van der Waals surface area contributed by atoms with Crippen molar-refractivity contribution in [1.29, 1.82) is 0 Å². The van der Waals surface area contributed by atoms with Crippen molar-refractivity contribution in [3.05, 3.63) is 141 Å². The summed E-state index contributed by atoms with van der Waals surface area (Å²) in [5.41, 5.74) is -4.36. The van der Waals surface area contributed by atoms with Gasteiger partial charge in [0.15, 0.2) is 24.0 Å². The van der Waals surface area contributed by atoms with E-state index in [2.05, 4.69) is 0 Å². The summed E-state index contributed by atoms with van der Waals surface area (Å²) in [6, 6.07) is 23.3. The van der Waals surface area contributed by atoms with Crippen LogP contribution in [0.15, 0.2) is 107 Å². The van der Waals surface area contributed by atoms with E-state index in [1.807, 2.05) is 0 Å². The number of nitrogens with zero attached hydrogens (tertiary/aromatic N) is 1. The van der Waals surface area contributed by atoms with E-state index < -0.39 is 78.2 Å². The Morgan fingerprint density at radius 3 is 1.70 bits per heavy atom. The maximum Gasteiger partial charge on any atom is 0.338 e. The minimum atomic E-state index is -2.17. The number of esters is 4. The van der Waals surface area contributed by atoms with Crippen LogP contribution in [0.5, 0.6) is 0 Å². The minimum absolute atomic E-state index is 0.0567. The number of carbonyl (C=O) groups is 4. The van der Waals surface area contributed by atoms with Crippen LogP contribution < -0.4 is 11.2 Å². The van der Waals surface area contributed by atoms with Crippen LogP contribution in [-0.2, 0) is 28.5 Å². The van der Waals surface area contributed by atoms with Gasteiger partial charge in [-0.25, -0.2) is 19.2 Å². The summed E-state index contributed by atoms with van der Waals surface area (Å²) in [7, 11) is 0. The van der Waals surface area contributed by atoms with Gasteiger partial charge in [0, 0.05) is 6.92 Å². The van der Waals surface area contributed by atoms with Crippen molar-refractivity contribution in [1.82, 2.24) is 9.55 Å². The van der Waals surface area contributed by atoms with Gasteiger partial charge in [-0.05, 0) is 36.4 Å². The van der Waals surface area contributed by atoms with Gasteiger partial charge in [0.1, 0.15) is 13.2 Å². The number of carbonyl (C=O) groups excluding carboxylic acids is 4. The van der Waals surface area contributed by atoms with Crippen molar-refractivity contribution in [3.8, 4) is 0 Å². The predicted molar refractivity (Wildman–Crippen MR) is 159 cm³/mol. The first-order valence-electron chi connectivity index (χ1n) is 14.1. The van der Waals surface area contributed by atoms with Crippen LogP contribution in [0.2, 0.25) is 0 Å². The number of aromatic nitrogens is 2. The van der Waals surface area contributed by atoms with E-state index in [0.717, 1.165) is 6.92 Å². The molecule has 14 heteroatoms. The highest BCUT2D eigenvalue weighted by Gasteiger charge is 2.62. The zero-order valence-electron chi connectivity index (χ0n) is 24.7. The van der Waals surface area contributed by atoms with E-state index in [-0.39, 0.29) is 16.7 Å². The van der Waals surface area contributed by atoms with Gasteiger partial charge in [0.2, 0.25) is 5.82 Å². The molecule has 1 fully saturated rings. The summed E-state index contributed by atoms with van der Waals surface area (Å²) in [4.78, 5) is 78.5. The molecule has 3 atom stereocenters. The van der Waals surface area contributed by atoms with Crippen molar-refractivity contribution >= 4 is 23.9 Å². The first kappa shape index (κ1) is 32.5. The number of rotatable bonds is 10. The molecule has 5 rings (SSSR count). The van der Waals surface area contributed by atoms with Gasteiger partial charge in [0.25, 0.3) is 5.56 Å². The lowest BCUT2D eigenvalue weighted by Crippen LogP contribution is -2.54. The number of hydrogen-bond donors (Lipinski definition) is 1. The Hall–Kier alpha value is -5.89. The van der Waals surface area contributed by atoms with E-state index in [9.17, 15) is 33.2 Å². The lowest BCUT2D eigenvalue weighted by Gasteiger charge is -2.33. The SMILES string of the molecule is CC(=O)O[C@@H]1[C@H](n2cc(F)c(=O)[nH]c2=O)OC(COC(=O)c2ccccc2)(COC(=O)c2ccccc2)[C@@H]1OC(=O)c1ccccc1. The molecule has 13 nitrogen and oxygen atoms in total. The second kappa shape index (κ2) is 14.0. The van der Waals surface area contributed by atoms with E-state index in [4.69, 9.17) is 23.7 Å². The maximum absolute atomic E-state index is 14.5. The molecule has 0 saturated carbocycles. The van der Waals surface area contributed by atoms with Crippen LogP contribution >= 0.6 is 0 Å². The molecule has 0 spiro atoms. The largest absolute Gasteiger partial charge is 0.459 e. The Morgan fingerprint density at radius 2 is 1.23 bits per heavy atom. The fraction of sp³-hybridized carbons (Fsp3) is 0.212. The highest BCUT2D eigenvalue weighted by atomic mass is 19.1. The molecule has 0 aliphatic carbocycles. The van der Waals surface area contributed by atoms with Gasteiger partial charge >= 0.3 is 29.6 Å². The number of aromatic amines is 1. The Bertz CT molecular complexity index is 1820. The molecule has 1 aliphatic heterocycles. The van der Waals surface area contributed by atoms with Gasteiger partial charge in [0.05, 0.1) is 22.9 Å². The van der Waals surface area contributed by atoms with E-state index in [1.165, 1.54) is 36.4 Å². The summed E-state index contributed by atoms with van der Waals surface area (Å²) < 4.78 is 43.8. The van der Waals surface area contributed by atoms with Crippen molar-refractivity contribution in [2.24, 2.45) is 0 Å². The van der Waals surface area contributed by atoms with Crippen LogP contribution in [0.3, 0.4) is 0 Å². The highest BCUT2D eigenvalue weighted by Crippen LogP contribution is 2.42. The Balaban J connectivity index is 1.62. The highest BCUT2D eigenvalue weighted by molar-refractivity contribution is 5.90. The third-order valence-corrected chi connectivity index (χ3v) is 7.11. The topological polar surface area (TPSA) is 169 Å². The van der Waals surface area contributed by atoms with E-state index in [1.54, 1.807) is 59.6 Å². The van der Waals surface area contributed by atoms with Crippen LogP contribution in [0, 0.1) is 5.82 Å². The fourth-order valence-corrected chi connectivity index (χ4v) is 4.90. The summed E-state index contributed by atoms with van der Waals surface area (Å²) >= 11 is 0. The fourth-order valence-electron chi connectivity index (χ4n) is 4.90. The molecule has 1 N–H and O–H groups in total. The molecule has 3 aromatic carbocycles. The maximum atomic E-state index is 14.5. The van der Waals surface area contributed by atoms with E-state index >= 15 is 0 Å².